The number of hydrogen-bond acceptors (Lipinski definition) is 6. The maximum absolute atomic E-state index is 12.8. The van der Waals surface area contributed by atoms with E-state index in [-0.39, 0.29) is 5.91 Å². The van der Waals surface area contributed by atoms with Crippen molar-refractivity contribution in [3.63, 3.8) is 0 Å². The second kappa shape index (κ2) is 11.1. The van der Waals surface area contributed by atoms with Crippen LogP contribution in [-0.2, 0) is 14.8 Å². The quantitative estimate of drug-likeness (QED) is 0.586. The molecule has 0 aliphatic carbocycles. The van der Waals surface area contributed by atoms with Gasteiger partial charge in [0, 0.05) is 44.8 Å². The highest BCUT2D eigenvalue weighted by atomic mass is 32.2. The number of piperazine rings is 1. The number of carboxylic acids is 1. The average Bonchev–Trinajstić information content (AvgIpc) is 2.73. The maximum atomic E-state index is 12.8. The lowest BCUT2D eigenvalue weighted by atomic mass is 9.98. The normalized spacial score (nSPS) is 17.7. The first-order valence-corrected chi connectivity index (χ1v) is 12.3. The fourth-order valence-electron chi connectivity index (χ4n) is 3.53. The van der Waals surface area contributed by atoms with Crippen LogP contribution in [0.1, 0.15) is 30.1 Å². The molecule has 0 saturated carbocycles. The number of likely N-dealkylation sites (tertiary alicyclic amines) is 1. The Morgan fingerprint density at radius 3 is 2.15 bits per heavy atom. The van der Waals surface area contributed by atoms with Crippen molar-refractivity contribution in [2.24, 2.45) is 5.92 Å². The molecule has 13 heteroatoms. The Morgan fingerprint density at radius 2 is 1.67 bits per heavy atom. The first-order valence-electron chi connectivity index (χ1n) is 10.4. The van der Waals surface area contributed by atoms with E-state index in [0.29, 0.717) is 17.2 Å². The zero-order valence-electron chi connectivity index (χ0n) is 18.5. The van der Waals surface area contributed by atoms with Gasteiger partial charge in [-0.25, -0.2) is 13.2 Å². The predicted octanol–water partition coefficient (Wildman–Crippen LogP) is 1.97. The summed E-state index contributed by atoms with van der Waals surface area (Å²) in [5.41, 5.74) is 1.83. The van der Waals surface area contributed by atoms with E-state index < -0.39 is 22.2 Å². The monoisotopic (exact) mass is 494 g/mol. The standard InChI is InChI=1S/C18H28N4O3S.C2HF3O2/c1-14-5-9-22(10-6-14)18(23)15-3-4-17(21-11-7-19-8-12-21)16(13-15)20-26(2,24)25;3-2(4,5)1(6)7/h3-4,13-14,19-20H,5-12H2,1-2H3;(H,6,7). The molecule has 1 amide bonds. The van der Waals surface area contributed by atoms with Crippen LogP contribution in [0.15, 0.2) is 18.2 Å². The summed E-state index contributed by atoms with van der Waals surface area (Å²) in [4.78, 5) is 25.7. The van der Waals surface area contributed by atoms with Crippen molar-refractivity contribution >= 4 is 33.3 Å². The molecule has 3 N–H and O–H groups in total. The maximum Gasteiger partial charge on any atom is 0.490 e. The third-order valence-electron chi connectivity index (χ3n) is 5.31. The molecule has 9 nitrogen and oxygen atoms in total. The molecule has 0 unspecified atom stereocenters. The fraction of sp³-hybridized carbons (Fsp3) is 0.600. The second-order valence-electron chi connectivity index (χ2n) is 8.12. The number of carboxylic acid groups (broad SMARTS) is 1. The van der Waals surface area contributed by atoms with Crippen LogP contribution in [0.25, 0.3) is 0 Å². The molecule has 0 atom stereocenters. The fourth-order valence-corrected chi connectivity index (χ4v) is 4.09. The number of nitrogens with one attached hydrogen (secondary N) is 2. The van der Waals surface area contributed by atoms with E-state index in [1.807, 2.05) is 17.0 Å². The van der Waals surface area contributed by atoms with Gasteiger partial charge in [0.2, 0.25) is 10.0 Å². The lowest BCUT2D eigenvalue weighted by molar-refractivity contribution is -0.192. The number of carbonyl (C=O) groups excluding carboxylic acids is 1. The van der Waals surface area contributed by atoms with Gasteiger partial charge < -0.3 is 20.2 Å². The van der Waals surface area contributed by atoms with Crippen molar-refractivity contribution in [3.05, 3.63) is 23.8 Å². The van der Waals surface area contributed by atoms with Crippen LogP contribution >= 0.6 is 0 Å². The number of aliphatic carboxylic acids is 1. The number of benzene rings is 1. The van der Waals surface area contributed by atoms with E-state index >= 15 is 0 Å². The first kappa shape index (κ1) is 26.7. The molecule has 33 heavy (non-hydrogen) atoms. The number of halogens is 3. The Kier molecular flexibility index (Phi) is 8.95. The summed E-state index contributed by atoms with van der Waals surface area (Å²) in [6.45, 7) is 7.03. The number of sulfonamides is 1. The topological polar surface area (TPSA) is 119 Å². The zero-order valence-corrected chi connectivity index (χ0v) is 19.3. The number of carbonyl (C=O) groups is 2. The summed E-state index contributed by atoms with van der Waals surface area (Å²) in [6.07, 6.45) is -1.92. The van der Waals surface area contributed by atoms with Crippen molar-refractivity contribution in [1.82, 2.24) is 10.2 Å². The number of piperidine rings is 1. The third kappa shape index (κ3) is 8.39. The minimum atomic E-state index is -5.08. The molecular formula is C20H29F3N4O5S. The van der Waals surface area contributed by atoms with E-state index in [1.54, 1.807) is 6.07 Å². The van der Waals surface area contributed by atoms with Gasteiger partial charge in [-0.2, -0.15) is 13.2 Å². The van der Waals surface area contributed by atoms with Gasteiger partial charge >= 0.3 is 12.1 Å². The van der Waals surface area contributed by atoms with Crippen LogP contribution in [0, 0.1) is 5.92 Å². The van der Waals surface area contributed by atoms with E-state index in [2.05, 4.69) is 21.9 Å². The SMILES string of the molecule is CC1CCN(C(=O)c2ccc(N3CCNCC3)c(NS(C)(=O)=O)c2)CC1.O=C(O)C(F)(F)F. The summed E-state index contributed by atoms with van der Waals surface area (Å²) >= 11 is 0. The Morgan fingerprint density at radius 1 is 1.12 bits per heavy atom. The van der Waals surface area contributed by atoms with Crippen molar-refractivity contribution in [3.8, 4) is 0 Å². The molecule has 2 fully saturated rings. The van der Waals surface area contributed by atoms with Crippen LogP contribution in [0.5, 0.6) is 0 Å². The number of hydrogen-bond donors (Lipinski definition) is 3. The zero-order chi connectivity index (χ0) is 24.8. The van der Waals surface area contributed by atoms with Gasteiger partial charge in [-0.3, -0.25) is 9.52 Å². The lowest BCUT2D eigenvalue weighted by Gasteiger charge is -2.32. The van der Waals surface area contributed by atoms with E-state index in [4.69, 9.17) is 9.90 Å². The van der Waals surface area contributed by atoms with Gasteiger partial charge in [0.15, 0.2) is 0 Å². The highest BCUT2D eigenvalue weighted by molar-refractivity contribution is 7.92. The minimum absolute atomic E-state index is 0.0275. The molecule has 0 bridgehead atoms. The van der Waals surface area contributed by atoms with Crippen molar-refractivity contribution in [2.45, 2.75) is 25.9 Å². The molecule has 1 aromatic rings. The smallest absolute Gasteiger partial charge is 0.475 e. The van der Waals surface area contributed by atoms with E-state index in [0.717, 1.165) is 64.1 Å². The van der Waals surface area contributed by atoms with Gasteiger partial charge in [-0.1, -0.05) is 6.92 Å². The van der Waals surface area contributed by atoms with Crippen LogP contribution in [0.4, 0.5) is 24.5 Å². The number of alkyl halides is 3. The Hall–Kier alpha value is -2.54. The van der Waals surface area contributed by atoms with Gasteiger partial charge in [0.1, 0.15) is 0 Å². The molecule has 186 valence electrons. The van der Waals surface area contributed by atoms with Crippen LogP contribution in [-0.4, -0.2) is 82.0 Å². The Labute approximate surface area is 191 Å². The molecule has 2 saturated heterocycles. The lowest BCUT2D eigenvalue weighted by Crippen LogP contribution is -2.44. The molecule has 2 aliphatic heterocycles. The van der Waals surface area contributed by atoms with Crippen molar-refractivity contribution < 1.29 is 36.3 Å². The molecule has 0 aromatic heterocycles. The Bertz CT molecular complexity index is 942. The Balaban J connectivity index is 0.000000479. The molecule has 1 aromatic carbocycles. The second-order valence-corrected chi connectivity index (χ2v) is 9.87. The summed E-state index contributed by atoms with van der Waals surface area (Å²) in [5.74, 6) is -2.13. The van der Waals surface area contributed by atoms with Crippen molar-refractivity contribution in [1.29, 1.82) is 0 Å². The molecule has 2 aliphatic rings. The average molecular weight is 495 g/mol. The summed E-state index contributed by atoms with van der Waals surface area (Å²) in [5, 5.41) is 10.4. The highest BCUT2D eigenvalue weighted by Crippen LogP contribution is 2.29. The van der Waals surface area contributed by atoms with Gasteiger partial charge in [0.05, 0.1) is 17.6 Å². The summed E-state index contributed by atoms with van der Waals surface area (Å²) in [7, 11) is -3.43. The van der Waals surface area contributed by atoms with Crippen molar-refractivity contribution in [2.75, 3.05) is 55.1 Å². The summed E-state index contributed by atoms with van der Waals surface area (Å²) < 4.78 is 58.0. The van der Waals surface area contributed by atoms with Gasteiger partial charge in [0.25, 0.3) is 5.91 Å². The highest BCUT2D eigenvalue weighted by Gasteiger charge is 2.38. The first-order chi connectivity index (χ1) is 15.3. The van der Waals surface area contributed by atoms with Gasteiger partial charge in [-0.15, -0.1) is 0 Å². The van der Waals surface area contributed by atoms with Gasteiger partial charge in [-0.05, 0) is 37.0 Å². The largest absolute Gasteiger partial charge is 0.490 e. The van der Waals surface area contributed by atoms with E-state index in [1.165, 1.54) is 0 Å². The minimum Gasteiger partial charge on any atom is -0.475 e. The number of nitrogens with zero attached hydrogens (tertiary/aromatic N) is 2. The molecular weight excluding hydrogens is 465 g/mol. The molecule has 0 radical (unpaired) electrons. The summed E-state index contributed by atoms with van der Waals surface area (Å²) in [6, 6.07) is 5.35. The number of rotatable bonds is 4. The number of anilines is 2. The molecule has 0 spiro atoms. The molecule has 3 rings (SSSR count). The van der Waals surface area contributed by atoms with Crippen LogP contribution in [0.2, 0.25) is 0 Å². The molecule has 2 heterocycles. The van der Waals surface area contributed by atoms with Crippen LogP contribution in [0.3, 0.4) is 0 Å². The van der Waals surface area contributed by atoms with Crippen LogP contribution < -0.4 is 14.9 Å². The van der Waals surface area contributed by atoms with E-state index in [9.17, 15) is 26.4 Å². The number of amides is 1. The predicted molar refractivity (Wildman–Crippen MR) is 118 cm³/mol. The third-order valence-corrected chi connectivity index (χ3v) is 5.90.